The Morgan fingerprint density at radius 1 is 1.39 bits per heavy atom. The largest absolute Gasteiger partial charge is 0.480 e. The fourth-order valence-electron chi connectivity index (χ4n) is 1.57. The molecule has 0 spiro atoms. The Morgan fingerprint density at radius 3 is 2.72 bits per heavy atom. The van der Waals surface area contributed by atoms with Gasteiger partial charge in [-0.05, 0) is 12.1 Å². The summed E-state index contributed by atoms with van der Waals surface area (Å²) in [6.07, 6.45) is 1.63. The van der Waals surface area contributed by atoms with Gasteiger partial charge in [0.05, 0.1) is 17.6 Å². The van der Waals surface area contributed by atoms with E-state index in [0.717, 1.165) is 5.39 Å². The fraction of sp³-hybridized carbons (Fsp3) is 0.182. The van der Waals surface area contributed by atoms with Crippen molar-refractivity contribution in [2.45, 2.75) is 12.6 Å². The van der Waals surface area contributed by atoms with Crippen LogP contribution in [0.2, 0.25) is 0 Å². The number of nitrogens with zero attached hydrogens (tertiary/aromatic N) is 2. The average Bonchev–Trinajstić information content (AvgIpc) is 2.69. The third-order valence-electron chi connectivity index (χ3n) is 2.50. The molecule has 1 atom stereocenters. The van der Waals surface area contributed by atoms with E-state index in [1.54, 1.807) is 12.3 Å². The fourth-order valence-corrected chi connectivity index (χ4v) is 1.57. The van der Waals surface area contributed by atoms with E-state index in [2.05, 4.69) is 5.10 Å². The lowest BCUT2D eigenvalue weighted by Crippen LogP contribution is -2.34. The quantitative estimate of drug-likeness (QED) is 0.709. The van der Waals surface area contributed by atoms with Crippen molar-refractivity contribution in [3.8, 4) is 0 Å². The van der Waals surface area contributed by atoms with Gasteiger partial charge >= 0.3 is 11.9 Å². The monoisotopic (exact) mass is 249 g/mol. The van der Waals surface area contributed by atoms with Crippen molar-refractivity contribution in [2.75, 3.05) is 0 Å². The number of carboxylic acid groups (broad SMARTS) is 2. The number of rotatable bonds is 4. The zero-order valence-corrected chi connectivity index (χ0v) is 9.28. The van der Waals surface area contributed by atoms with Crippen LogP contribution in [-0.4, -0.2) is 38.0 Å². The van der Waals surface area contributed by atoms with Crippen LogP contribution in [0.15, 0.2) is 24.4 Å². The van der Waals surface area contributed by atoms with Crippen molar-refractivity contribution in [3.63, 3.8) is 0 Å². The van der Waals surface area contributed by atoms with Gasteiger partial charge in [-0.15, -0.1) is 0 Å². The van der Waals surface area contributed by atoms with Gasteiger partial charge in [-0.25, -0.2) is 4.79 Å². The molecule has 1 aromatic carbocycles. The molecule has 7 heteroatoms. The minimum absolute atomic E-state index is 0.0341. The maximum absolute atomic E-state index is 10.8. The molecule has 0 saturated carbocycles. The molecule has 0 aliphatic carbocycles. The highest BCUT2D eigenvalue weighted by molar-refractivity contribution is 5.92. The molecule has 4 N–H and O–H groups in total. The van der Waals surface area contributed by atoms with Crippen LogP contribution in [0.1, 0.15) is 10.4 Å². The number of aromatic carboxylic acids is 1. The number of nitrogens with two attached hydrogens (primary N) is 1. The summed E-state index contributed by atoms with van der Waals surface area (Å²) in [5, 5.41) is 22.4. The molecule has 0 bridgehead atoms. The van der Waals surface area contributed by atoms with Gasteiger partial charge in [0, 0.05) is 11.6 Å². The predicted molar refractivity (Wildman–Crippen MR) is 62.3 cm³/mol. The van der Waals surface area contributed by atoms with Gasteiger partial charge in [0.15, 0.2) is 0 Å². The van der Waals surface area contributed by atoms with Crippen LogP contribution in [0.25, 0.3) is 10.9 Å². The van der Waals surface area contributed by atoms with Crippen molar-refractivity contribution in [1.82, 2.24) is 9.78 Å². The van der Waals surface area contributed by atoms with Crippen molar-refractivity contribution in [2.24, 2.45) is 5.73 Å². The van der Waals surface area contributed by atoms with Crippen LogP contribution in [0.3, 0.4) is 0 Å². The molecule has 0 radical (unpaired) electrons. The zero-order chi connectivity index (χ0) is 13.3. The molecule has 2 rings (SSSR count). The van der Waals surface area contributed by atoms with Crippen molar-refractivity contribution in [1.29, 1.82) is 0 Å². The predicted octanol–water partition coefficient (Wildman–Crippen LogP) is 0.146. The Kier molecular flexibility index (Phi) is 2.99. The number of aromatic nitrogens is 2. The van der Waals surface area contributed by atoms with Crippen LogP contribution < -0.4 is 5.73 Å². The summed E-state index contributed by atoms with van der Waals surface area (Å²) < 4.78 is 1.40. The molecule has 18 heavy (non-hydrogen) atoms. The van der Waals surface area contributed by atoms with E-state index in [1.165, 1.54) is 16.8 Å². The number of carboxylic acids is 2. The minimum Gasteiger partial charge on any atom is -0.480 e. The summed E-state index contributed by atoms with van der Waals surface area (Å²) in [6, 6.07) is 3.47. The zero-order valence-electron chi connectivity index (χ0n) is 9.28. The van der Waals surface area contributed by atoms with E-state index in [9.17, 15) is 9.59 Å². The Bertz CT molecular complexity index is 620. The van der Waals surface area contributed by atoms with Gasteiger partial charge in [0.25, 0.3) is 0 Å². The van der Waals surface area contributed by atoms with Crippen LogP contribution in [-0.2, 0) is 11.3 Å². The summed E-state index contributed by atoms with van der Waals surface area (Å²) >= 11 is 0. The van der Waals surface area contributed by atoms with Gasteiger partial charge in [0.2, 0.25) is 0 Å². The molecule has 0 saturated heterocycles. The van der Waals surface area contributed by atoms with E-state index < -0.39 is 18.0 Å². The third kappa shape index (κ3) is 2.30. The third-order valence-corrected chi connectivity index (χ3v) is 2.50. The molecule has 2 aromatic rings. The van der Waals surface area contributed by atoms with Crippen molar-refractivity contribution >= 4 is 22.8 Å². The molecule has 7 nitrogen and oxygen atoms in total. The second-order valence-electron chi connectivity index (χ2n) is 3.87. The second-order valence-corrected chi connectivity index (χ2v) is 3.87. The van der Waals surface area contributed by atoms with Crippen LogP contribution >= 0.6 is 0 Å². The van der Waals surface area contributed by atoms with E-state index >= 15 is 0 Å². The molecular weight excluding hydrogens is 238 g/mol. The van der Waals surface area contributed by atoms with Crippen molar-refractivity contribution < 1.29 is 19.8 Å². The lowest BCUT2D eigenvalue weighted by Gasteiger charge is -2.05. The minimum atomic E-state index is -1.11. The van der Waals surface area contributed by atoms with Crippen LogP contribution in [0.4, 0.5) is 0 Å². The van der Waals surface area contributed by atoms with Crippen LogP contribution in [0.5, 0.6) is 0 Å². The summed E-state index contributed by atoms with van der Waals surface area (Å²) in [5.74, 6) is -2.14. The summed E-state index contributed by atoms with van der Waals surface area (Å²) in [6.45, 7) is 0.0341. The van der Waals surface area contributed by atoms with Gasteiger partial charge in [-0.3, -0.25) is 9.48 Å². The highest BCUT2D eigenvalue weighted by Gasteiger charge is 2.13. The Morgan fingerprint density at radius 2 is 2.11 bits per heavy atom. The first-order valence-corrected chi connectivity index (χ1v) is 5.16. The number of benzene rings is 1. The maximum Gasteiger partial charge on any atom is 0.335 e. The topological polar surface area (TPSA) is 118 Å². The first kappa shape index (κ1) is 12.1. The molecule has 1 aromatic heterocycles. The smallest absolute Gasteiger partial charge is 0.335 e. The van der Waals surface area contributed by atoms with E-state index in [0.29, 0.717) is 5.52 Å². The molecule has 0 aliphatic rings. The molecular formula is C11H11N3O4. The average molecular weight is 249 g/mol. The second kappa shape index (κ2) is 4.46. The van der Waals surface area contributed by atoms with Gasteiger partial charge in [0.1, 0.15) is 6.04 Å². The number of aliphatic carboxylic acids is 1. The lowest BCUT2D eigenvalue weighted by molar-refractivity contribution is -0.138. The number of hydrogen-bond acceptors (Lipinski definition) is 4. The normalized spacial score (nSPS) is 12.5. The Balaban J connectivity index is 2.32. The lowest BCUT2D eigenvalue weighted by atomic mass is 10.2. The summed E-state index contributed by atoms with van der Waals surface area (Å²) in [5.41, 5.74) is 6.02. The highest BCUT2D eigenvalue weighted by atomic mass is 16.4. The first-order chi connectivity index (χ1) is 8.47. The SMILES string of the molecule is N[C@@H](Cn1cc2ccc(C(=O)O)cc2n1)C(=O)O. The molecule has 0 fully saturated rings. The molecule has 0 aliphatic heterocycles. The molecule has 0 amide bonds. The first-order valence-electron chi connectivity index (χ1n) is 5.16. The number of hydrogen-bond donors (Lipinski definition) is 3. The standard InChI is InChI=1S/C11H11N3O4/c12-8(11(17)18)5-14-4-7-2-1-6(10(15)16)3-9(7)13-14/h1-4,8H,5,12H2,(H,15,16)(H,17,18)/t8-/m0/s1. The Labute approximate surface area is 101 Å². The van der Waals surface area contributed by atoms with Gasteiger partial charge in [-0.2, -0.15) is 5.10 Å². The van der Waals surface area contributed by atoms with E-state index in [-0.39, 0.29) is 12.1 Å². The number of fused-ring (bicyclic) bond motifs is 1. The van der Waals surface area contributed by atoms with Crippen molar-refractivity contribution in [3.05, 3.63) is 30.0 Å². The molecule has 0 unspecified atom stereocenters. The van der Waals surface area contributed by atoms with E-state index in [1.807, 2.05) is 0 Å². The Hall–Kier alpha value is -2.41. The summed E-state index contributed by atoms with van der Waals surface area (Å²) in [4.78, 5) is 21.4. The highest BCUT2D eigenvalue weighted by Crippen LogP contribution is 2.14. The molecule has 1 heterocycles. The van der Waals surface area contributed by atoms with Gasteiger partial charge in [-0.1, -0.05) is 6.07 Å². The molecule has 94 valence electrons. The van der Waals surface area contributed by atoms with E-state index in [4.69, 9.17) is 15.9 Å². The maximum atomic E-state index is 10.8. The van der Waals surface area contributed by atoms with Crippen LogP contribution in [0, 0.1) is 0 Å². The van der Waals surface area contributed by atoms with Gasteiger partial charge < -0.3 is 15.9 Å². The number of carbonyl (C=O) groups is 2. The summed E-state index contributed by atoms with van der Waals surface area (Å²) in [7, 11) is 0.